The van der Waals surface area contributed by atoms with Gasteiger partial charge in [0.25, 0.3) is 0 Å². The molecule has 1 aromatic rings. The summed E-state index contributed by atoms with van der Waals surface area (Å²) >= 11 is 5.91. The number of rotatable bonds is 1. The maximum atomic E-state index is 5.91. The lowest BCUT2D eigenvalue weighted by molar-refractivity contribution is 0.762. The van der Waals surface area contributed by atoms with Crippen LogP contribution >= 0.6 is 11.6 Å². The lowest BCUT2D eigenvalue weighted by Gasteiger charge is -2.07. The van der Waals surface area contributed by atoms with Crippen LogP contribution in [0.3, 0.4) is 0 Å². The Morgan fingerprint density at radius 2 is 1.75 bits per heavy atom. The van der Waals surface area contributed by atoms with Gasteiger partial charge in [-0.1, -0.05) is 25.4 Å². The molecule has 0 aliphatic heterocycles. The summed E-state index contributed by atoms with van der Waals surface area (Å²) in [6.07, 6.45) is 0. The molecule has 3 heteroatoms. The second-order valence-electron chi connectivity index (χ2n) is 3.24. The quantitative estimate of drug-likeness (QED) is 0.628. The van der Waals surface area contributed by atoms with Gasteiger partial charge >= 0.3 is 0 Å². The lowest BCUT2D eigenvalue weighted by atomic mass is 10.2. The Morgan fingerprint density at radius 3 is 2.17 bits per heavy atom. The number of aromatic nitrogens is 2. The molecule has 1 aromatic heterocycles. The van der Waals surface area contributed by atoms with Gasteiger partial charge in [-0.3, -0.25) is 0 Å². The van der Waals surface area contributed by atoms with Gasteiger partial charge in [-0.15, -0.1) is 0 Å². The summed E-state index contributed by atoms with van der Waals surface area (Å²) in [7, 11) is 0. The van der Waals surface area contributed by atoms with Crippen LogP contribution in [0.25, 0.3) is 0 Å². The first kappa shape index (κ1) is 9.46. The van der Waals surface area contributed by atoms with Crippen molar-refractivity contribution in [3.8, 4) is 0 Å². The molecule has 0 amide bonds. The van der Waals surface area contributed by atoms with Crippen molar-refractivity contribution in [2.24, 2.45) is 0 Å². The monoisotopic (exact) mass is 184 g/mol. The number of hydrogen-bond acceptors (Lipinski definition) is 2. The second kappa shape index (κ2) is 3.40. The summed E-state index contributed by atoms with van der Waals surface area (Å²) in [6.45, 7) is 8.00. The Kier molecular flexibility index (Phi) is 2.68. The van der Waals surface area contributed by atoms with Gasteiger partial charge in [0.2, 0.25) is 0 Å². The first-order chi connectivity index (χ1) is 5.52. The van der Waals surface area contributed by atoms with Crippen molar-refractivity contribution in [3.63, 3.8) is 0 Å². The molecule has 66 valence electrons. The van der Waals surface area contributed by atoms with Crippen LogP contribution in [-0.2, 0) is 0 Å². The van der Waals surface area contributed by atoms with E-state index in [9.17, 15) is 0 Å². The zero-order chi connectivity index (χ0) is 9.30. The summed E-state index contributed by atoms with van der Waals surface area (Å²) in [6, 6.07) is 0. The Balaban J connectivity index is 3.21. The van der Waals surface area contributed by atoms with Crippen LogP contribution in [0.1, 0.15) is 36.8 Å². The van der Waals surface area contributed by atoms with E-state index in [4.69, 9.17) is 11.6 Å². The highest BCUT2D eigenvalue weighted by atomic mass is 35.5. The zero-order valence-corrected chi connectivity index (χ0v) is 8.61. The van der Waals surface area contributed by atoms with Gasteiger partial charge in [0, 0.05) is 17.2 Å². The molecule has 0 saturated heterocycles. The largest absolute Gasteiger partial charge is 0.238 e. The standard InChI is InChI=1S/C9H13ClN2/c1-5(2)9-11-7(4)6(3)8(10)12-9/h5H,1-4H3. The Labute approximate surface area is 78.0 Å². The molecule has 0 saturated carbocycles. The first-order valence-corrected chi connectivity index (χ1v) is 4.40. The third kappa shape index (κ3) is 1.75. The van der Waals surface area contributed by atoms with Crippen LogP contribution in [0.5, 0.6) is 0 Å². The summed E-state index contributed by atoms with van der Waals surface area (Å²) in [5, 5.41) is 0.575. The van der Waals surface area contributed by atoms with E-state index >= 15 is 0 Å². The number of nitrogens with zero attached hydrogens (tertiary/aromatic N) is 2. The van der Waals surface area contributed by atoms with E-state index in [0.29, 0.717) is 11.1 Å². The highest BCUT2D eigenvalue weighted by Gasteiger charge is 2.08. The number of halogens is 1. The van der Waals surface area contributed by atoms with Gasteiger partial charge in [-0.25, -0.2) is 9.97 Å². The molecule has 0 fully saturated rings. The predicted octanol–water partition coefficient (Wildman–Crippen LogP) is 2.87. The van der Waals surface area contributed by atoms with Crippen LogP contribution in [0.4, 0.5) is 0 Å². The molecule has 0 radical (unpaired) electrons. The molecular formula is C9H13ClN2. The minimum Gasteiger partial charge on any atom is -0.238 e. The van der Waals surface area contributed by atoms with Crippen molar-refractivity contribution in [1.29, 1.82) is 0 Å². The maximum absolute atomic E-state index is 5.91. The van der Waals surface area contributed by atoms with Crippen LogP contribution in [0.15, 0.2) is 0 Å². The molecule has 0 spiro atoms. The minimum atomic E-state index is 0.335. The Hall–Kier alpha value is -0.630. The van der Waals surface area contributed by atoms with Crippen molar-refractivity contribution in [2.45, 2.75) is 33.6 Å². The molecule has 0 N–H and O–H groups in total. The molecule has 0 atom stereocenters. The fourth-order valence-electron chi connectivity index (χ4n) is 0.873. The number of aryl methyl sites for hydroxylation is 1. The maximum Gasteiger partial charge on any atom is 0.135 e. The van der Waals surface area contributed by atoms with Gasteiger partial charge < -0.3 is 0 Å². The van der Waals surface area contributed by atoms with Crippen LogP contribution < -0.4 is 0 Å². The molecule has 1 rings (SSSR count). The van der Waals surface area contributed by atoms with E-state index in [1.165, 1.54) is 0 Å². The average Bonchev–Trinajstić information content (AvgIpc) is 1.99. The van der Waals surface area contributed by atoms with E-state index in [2.05, 4.69) is 23.8 Å². The molecular weight excluding hydrogens is 172 g/mol. The van der Waals surface area contributed by atoms with Crippen molar-refractivity contribution in [3.05, 3.63) is 22.2 Å². The summed E-state index contributed by atoms with van der Waals surface area (Å²) in [4.78, 5) is 8.52. The molecule has 0 aliphatic carbocycles. The summed E-state index contributed by atoms with van der Waals surface area (Å²) < 4.78 is 0. The lowest BCUT2D eigenvalue weighted by Crippen LogP contribution is -2.01. The normalized spacial score (nSPS) is 10.8. The number of hydrogen-bond donors (Lipinski definition) is 0. The molecule has 12 heavy (non-hydrogen) atoms. The van der Waals surface area contributed by atoms with E-state index in [1.807, 2.05) is 13.8 Å². The third-order valence-electron chi connectivity index (χ3n) is 1.86. The topological polar surface area (TPSA) is 25.8 Å². The molecule has 2 nitrogen and oxygen atoms in total. The van der Waals surface area contributed by atoms with Crippen LogP contribution in [-0.4, -0.2) is 9.97 Å². The zero-order valence-electron chi connectivity index (χ0n) is 7.85. The van der Waals surface area contributed by atoms with Gasteiger partial charge in [-0.05, 0) is 13.8 Å². The fraction of sp³-hybridized carbons (Fsp3) is 0.556. The Bertz CT molecular complexity index is 272. The van der Waals surface area contributed by atoms with Crippen molar-refractivity contribution >= 4 is 11.6 Å². The first-order valence-electron chi connectivity index (χ1n) is 4.03. The second-order valence-corrected chi connectivity index (χ2v) is 3.60. The highest BCUT2D eigenvalue weighted by molar-refractivity contribution is 6.30. The van der Waals surface area contributed by atoms with Gasteiger partial charge in [0.1, 0.15) is 11.0 Å². The fourth-order valence-corrected chi connectivity index (χ4v) is 1.10. The SMILES string of the molecule is Cc1nc(C(C)C)nc(Cl)c1C. The van der Waals surface area contributed by atoms with Crippen LogP contribution in [0.2, 0.25) is 5.15 Å². The van der Waals surface area contributed by atoms with Gasteiger partial charge in [0.05, 0.1) is 0 Å². The molecule has 0 aromatic carbocycles. The van der Waals surface area contributed by atoms with E-state index in [-0.39, 0.29) is 0 Å². The molecule has 1 heterocycles. The van der Waals surface area contributed by atoms with E-state index in [1.54, 1.807) is 0 Å². The average molecular weight is 185 g/mol. The van der Waals surface area contributed by atoms with Crippen molar-refractivity contribution in [1.82, 2.24) is 9.97 Å². The smallest absolute Gasteiger partial charge is 0.135 e. The van der Waals surface area contributed by atoms with Crippen molar-refractivity contribution in [2.75, 3.05) is 0 Å². The third-order valence-corrected chi connectivity index (χ3v) is 2.23. The van der Waals surface area contributed by atoms with Crippen LogP contribution in [0, 0.1) is 13.8 Å². The van der Waals surface area contributed by atoms with Gasteiger partial charge in [0.15, 0.2) is 0 Å². The Morgan fingerprint density at radius 1 is 1.17 bits per heavy atom. The highest BCUT2D eigenvalue weighted by Crippen LogP contribution is 2.18. The van der Waals surface area contributed by atoms with Gasteiger partial charge in [-0.2, -0.15) is 0 Å². The predicted molar refractivity (Wildman–Crippen MR) is 50.6 cm³/mol. The van der Waals surface area contributed by atoms with E-state index < -0.39 is 0 Å². The molecule has 0 bridgehead atoms. The van der Waals surface area contributed by atoms with Crippen molar-refractivity contribution < 1.29 is 0 Å². The van der Waals surface area contributed by atoms with E-state index in [0.717, 1.165) is 17.1 Å². The minimum absolute atomic E-state index is 0.335. The summed E-state index contributed by atoms with van der Waals surface area (Å²) in [5.74, 6) is 1.16. The summed E-state index contributed by atoms with van der Waals surface area (Å²) in [5.41, 5.74) is 1.94. The molecule has 0 aliphatic rings. The molecule has 0 unspecified atom stereocenters.